The predicted molar refractivity (Wildman–Crippen MR) is 92.0 cm³/mol. The molecule has 6 nitrogen and oxygen atoms in total. The summed E-state index contributed by atoms with van der Waals surface area (Å²) in [7, 11) is 0. The van der Waals surface area contributed by atoms with Crippen LogP contribution in [0.25, 0.3) is 0 Å². The molecule has 1 aliphatic carbocycles. The maximum Gasteiger partial charge on any atom is 0.407 e. The van der Waals surface area contributed by atoms with Crippen molar-refractivity contribution in [3.8, 4) is 0 Å². The maximum absolute atomic E-state index is 11.7. The Balaban J connectivity index is 0.000000488. The molecule has 24 heavy (non-hydrogen) atoms. The molecule has 0 bridgehead atoms. The van der Waals surface area contributed by atoms with Crippen molar-refractivity contribution in [3.05, 3.63) is 0 Å². The topological polar surface area (TPSA) is 84.9 Å². The minimum Gasteiger partial charge on any atom is -0.481 e. The summed E-state index contributed by atoms with van der Waals surface area (Å²) in [5.74, 6) is -0.745. The number of carbonyl (C=O) groups excluding carboxylic acids is 1. The van der Waals surface area contributed by atoms with Crippen LogP contribution in [-0.4, -0.2) is 42.0 Å². The Kier molecular flexibility index (Phi) is 8.00. The lowest BCUT2D eigenvalue weighted by Crippen LogP contribution is -2.39. The largest absolute Gasteiger partial charge is 0.481 e. The molecule has 0 aromatic carbocycles. The van der Waals surface area contributed by atoms with Gasteiger partial charge in [0.25, 0.3) is 0 Å². The molecule has 140 valence electrons. The van der Waals surface area contributed by atoms with Crippen molar-refractivity contribution >= 4 is 12.1 Å². The van der Waals surface area contributed by atoms with Gasteiger partial charge in [0.1, 0.15) is 5.60 Å². The average Bonchev–Trinajstić information content (AvgIpc) is 2.96. The second-order valence-electron chi connectivity index (χ2n) is 7.96. The van der Waals surface area contributed by atoms with Crippen molar-refractivity contribution in [2.75, 3.05) is 13.2 Å². The van der Waals surface area contributed by atoms with Crippen molar-refractivity contribution in [3.63, 3.8) is 0 Å². The van der Waals surface area contributed by atoms with Crippen molar-refractivity contribution < 1.29 is 24.2 Å². The Morgan fingerprint density at radius 3 is 2.21 bits per heavy atom. The van der Waals surface area contributed by atoms with Crippen LogP contribution in [0.2, 0.25) is 0 Å². The summed E-state index contributed by atoms with van der Waals surface area (Å²) in [4.78, 5) is 22.9. The molecule has 2 aliphatic rings. The van der Waals surface area contributed by atoms with Gasteiger partial charge < -0.3 is 19.9 Å². The second-order valence-corrected chi connectivity index (χ2v) is 7.96. The van der Waals surface area contributed by atoms with Crippen LogP contribution in [0.4, 0.5) is 4.79 Å². The van der Waals surface area contributed by atoms with E-state index < -0.39 is 23.1 Å². The fraction of sp³-hybridized carbons (Fsp3) is 0.889. The number of carboxylic acid groups (broad SMARTS) is 1. The Bertz CT molecular complexity index is 407. The molecule has 2 N–H and O–H groups in total. The highest BCUT2D eigenvalue weighted by atomic mass is 16.6. The Morgan fingerprint density at radius 2 is 1.75 bits per heavy atom. The summed E-state index contributed by atoms with van der Waals surface area (Å²) in [6.45, 7) is 9.24. The number of nitrogens with one attached hydrogen (secondary N) is 1. The highest BCUT2D eigenvalue weighted by Gasteiger charge is 2.36. The molecule has 1 amide bonds. The Hall–Kier alpha value is -1.30. The van der Waals surface area contributed by atoms with Crippen LogP contribution in [-0.2, 0) is 14.3 Å². The monoisotopic (exact) mass is 343 g/mol. The normalized spacial score (nSPS) is 27.4. The zero-order valence-corrected chi connectivity index (χ0v) is 15.5. The third kappa shape index (κ3) is 7.99. The maximum atomic E-state index is 11.7. The molecule has 1 saturated heterocycles. The van der Waals surface area contributed by atoms with Gasteiger partial charge in [-0.25, -0.2) is 4.79 Å². The number of hydrogen-bond acceptors (Lipinski definition) is 4. The first-order valence-corrected chi connectivity index (χ1v) is 8.93. The predicted octanol–water partition coefficient (Wildman–Crippen LogP) is 3.73. The lowest BCUT2D eigenvalue weighted by atomic mass is 9.83. The summed E-state index contributed by atoms with van der Waals surface area (Å²) >= 11 is 0. The van der Waals surface area contributed by atoms with Gasteiger partial charge in [0, 0.05) is 19.3 Å². The van der Waals surface area contributed by atoms with Gasteiger partial charge in [0.2, 0.25) is 0 Å². The van der Waals surface area contributed by atoms with Crippen LogP contribution >= 0.6 is 0 Å². The first-order valence-electron chi connectivity index (χ1n) is 8.93. The number of hydrogen-bond donors (Lipinski definition) is 2. The summed E-state index contributed by atoms with van der Waals surface area (Å²) in [6.07, 6.45) is 5.68. The number of ether oxygens (including phenoxy) is 2. The first-order chi connectivity index (χ1) is 11.1. The molecule has 2 fully saturated rings. The molecule has 6 heteroatoms. The fourth-order valence-electron chi connectivity index (χ4n) is 2.84. The Morgan fingerprint density at radius 1 is 1.12 bits per heavy atom. The summed E-state index contributed by atoms with van der Waals surface area (Å²) < 4.78 is 10.2. The van der Waals surface area contributed by atoms with Gasteiger partial charge in [0.15, 0.2) is 0 Å². The molecule has 0 aromatic heterocycles. The molecule has 1 aliphatic heterocycles. The van der Waals surface area contributed by atoms with E-state index in [0.29, 0.717) is 19.3 Å². The SMILES string of the molecule is C1CCOC1.CC(C)(C)OC(=O)NC1CCCC(C)(C(=O)O)CC1. The van der Waals surface area contributed by atoms with Crippen molar-refractivity contribution in [2.45, 2.75) is 84.3 Å². The number of alkyl carbamates (subject to hydrolysis) is 1. The molecule has 1 saturated carbocycles. The van der Waals surface area contributed by atoms with Crippen LogP contribution in [0, 0.1) is 5.41 Å². The molecular formula is C18H33NO5. The molecule has 1 heterocycles. The number of amides is 1. The van der Waals surface area contributed by atoms with E-state index in [4.69, 9.17) is 9.47 Å². The lowest BCUT2D eigenvalue weighted by Gasteiger charge is -2.24. The fourth-order valence-corrected chi connectivity index (χ4v) is 2.84. The van der Waals surface area contributed by atoms with Gasteiger partial charge >= 0.3 is 12.1 Å². The van der Waals surface area contributed by atoms with Gasteiger partial charge in [-0.05, 0) is 66.2 Å². The average molecular weight is 343 g/mol. The number of carbonyl (C=O) groups is 2. The first kappa shape index (κ1) is 20.7. The van der Waals surface area contributed by atoms with Crippen molar-refractivity contribution in [2.24, 2.45) is 5.41 Å². The molecule has 2 atom stereocenters. The lowest BCUT2D eigenvalue weighted by molar-refractivity contribution is -0.148. The minimum absolute atomic E-state index is 0.0102. The number of aliphatic carboxylic acids is 1. The van der Waals surface area contributed by atoms with Gasteiger partial charge in [-0.15, -0.1) is 0 Å². The highest BCUT2D eigenvalue weighted by molar-refractivity contribution is 5.74. The van der Waals surface area contributed by atoms with E-state index in [0.717, 1.165) is 26.1 Å². The third-order valence-corrected chi connectivity index (χ3v) is 4.39. The van der Waals surface area contributed by atoms with Crippen LogP contribution in [0.3, 0.4) is 0 Å². The second kappa shape index (κ2) is 9.25. The quantitative estimate of drug-likeness (QED) is 0.746. The third-order valence-electron chi connectivity index (χ3n) is 4.39. The molecule has 2 rings (SSSR count). The van der Waals surface area contributed by atoms with E-state index in [1.54, 1.807) is 6.92 Å². The molecular weight excluding hydrogens is 310 g/mol. The zero-order chi connectivity index (χ0) is 18.2. The smallest absolute Gasteiger partial charge is 0.407 e. The van der Waals surface area contributed by atoms with Crippen molar-refractivity contribution in [1.82, 2.24) is 5.32 Å². The number of rotatable bonds is 2. The number of carboxylic acids is 1. The zero-order valence-electron chi connectivity index (χ0n) is 15.5. The van der Waals surface area contributed by atoms with E-state index >= 15 is 0 Å². The van der Waals surface area contributed by atoms with Gasteiger partial charge in [-0.1, -0.05) is 6.42 Å². The summed E-state index contributed by atoms with van der Waals surface area (Å²) in [5, 5.41) is 12.1. The van der Waals surface area contributed by atoms with Gasteiger partial charge in [0.05, 0.1) is 5.41 Å². The van der Waals surface area contributed by atoms with E-state index in [1.165, 1.54) is 12.8 Å². The van der Waals surface area contributed by atoms with E-state index in [-0.39, 0.29) is 6.04 Å². The molecule has 0 spiro atoms. The molecule has 0 radical (unpaired) electrons. The van der Waals surface area contributed by atoms with Crippen molar-refractivity contribution in [1.29, 1.82) is 0 Å². The summed E-state index contributed by atoms with van der Waals surface area (Å²) in [5.41, 5.74) is -1.17. The standard InChI is InChI=1S/C14H25NO4.C4H8O/c1-13(2,3)19-12(18)15-10-6-5-8-14(4,9-7-10)11(16)17;1-2-4-5-3-1/h10H,5-9H2,1-4H3,(H,15,18)(H,16,17);1-4H2. The van der Waals surface area contributed by atoms with Gasteiger partial charge in [-0.3, -0.25) is 4.79 Å². The van der Waals surface area contributed by atoms with Crippen LogP contribution < -0.4 is 5.32 Å². The van der Waals surface area contributed by atoms with Crippen LogP contribution in [0.5, 0.6) is 0 Å². The van der Waals surface area contributed by atoms with E-state index in [2.05, 4.69) is 5.32 Å². The van der Waals surface area contributed by atoms with E-state index in [1.807, 2.05) is 20.8 Å². The Labute approximate surface area is 145 Å². The van der Waals surface area contributed by atoms with Gasteiger partial charge in [-0.2, -0.15) is 0 Å². The van der Waals surface area contributed by atoms with Crippen LogP contribution in [0.15, 0.2) is 0 Å². The highest BCUT2D eigenvalue weighted by Crippen LogP contribution is 2.34. The van der Waals surface area contributed by atoms with E-state index in [9.17, 15) is 14.7 Å². The summed E-state index contributed by atoms with van der Waals surface area (Å²) in [6, 6.07) is 0.0102. The molecule has 0 aromatic rings. The van der Waals surface area contributed by atoms with Crippen LogP contribution in [0.1, 0.15) is 72.6 Å². The molecule has 2 unspecified atom stereocenters. The minimum atomic E-state index is -0.745.